The number of hydrogen-bond acceptors (Lipinski definition) is 1. The van der Waals surface area contributed by atoms with Crippen LogP contribution >= 0.6 is 11.6 Å². The van der Waals surface area contributed by atoms with E-state index in [1.54, 1.807) is 12.1 Å². The molecule has 0 heterocycles. The Morgan fingerprint density at radius 2 is 1.79 bits per heavy atom. The van der Waals surface area contributed by atoms with E-state index < -0.39 is 5.82 Å². The van der Waals surface area contributed by atoms with Gasteiger partial charge in [-0.15, -0.1) is 0 Å². The Morgan fingerprint density at radius 1 is 1.05 bits per heavy atom. The molecule has 4 heteroatoms. The minimum absolute atomic E-state index is 0.0959. The Balaban J connectivity index is 2.54. The Labute approximate surface area is 116 Å². The number of benzene rings is 2. The smallest absolute Gasteiger partial charge is 0.131 e. The first-order chi connectivity index (χ1) is 9.02. The van der Waals surface area contributed by atoms with Gasteiger partial charge in [0.1, 0.15) is 11.6 Å². The van der Waals surface area contributed by atoms with E-state index in [-0.39, 0.29) is 16.9 Å². The van der Waals surface area contributed by atoms with Gasteiger partial charge >= 0.3 is 0 Å². The lowest BCUT2D eigenvalue weighted by atomic mass is 9.99. The Morgan fingerprint density at radius 3 is 2.42 bits per heavy atom. The van der Waals surface area contributed by atoms with E-state index in [4.69, 9.17) is 11.6 Å². The van der Waals surface area contributed by atoms with Crippen LogP contribution in [0, 0.1) is 11.6 Å². The van der Waals surface area contributed by atoms with Crippen molar-refractivity contribution in [2.24, 2.45) is 0 Å². The summed E-state index contributed by atoms with van der Waals surface area (Å²) in [6, 6.07) is 8.90. The van der Waals surface area contributed by atoms with E-state index >= 15 is 0 Å². The summed E-state index contributed by atoms with van der Waals surface area (Å²) in [6.07, 6.45) is 0. The van der Waals surface area contributed by atoms with Crippen molar-refractivity contribution in [3.05, 3.63) is 58.6 Å². The molecular formula is C15H14ClF2N. The number of nitrogens with one attached hydrogen (secondary N) is 1. The monoisotopic (exact) mass is 281 g/mol. The lowest BCUT2D eigenvalue weighted by Gasteiger charge is -2.13. The lowest BCUT2D eigenvalue weighted by molar-refractivity contribution is 0.620. The van der Waals surface area contributed by atoms with Crippen molar-refractivity contribution in [2.45, 2.75) is 13.0 Å². The van der Waals surface area contributed by atoms with Crippen molar-refractivity contribution in [1.29, 1.82) is 0 Å². The number of halogens is 3. The van der Waals surface area contributed by atoms with E-state index in [9.17, 15) is 8.78 Å². The van der Waals surface area contributed by atoms with Crippen LogP contribution in [0.5, 0.6) is 0 Å². The quantitative estimate of drug-likeness (QED) is 0.869. The van der Waals surface area contributed by atoms with Gasteiger partial charge in [0.15, 0.2) is 0 Å². The molecule has 0 fully saturated rings. The normalized spacial score (nSPS) is 12.5. The first-order valence-corrected chi connectivity index (χ1v) is 6.33. The minimum atomic E-state index is -0.436. The molecular weight excluding hydrogens is 268 g/mol. The zero-order valence-corrected chi connectivity index (χ0v) is 11.4. The summed E-state index contributed by atoms with van der Waals surface area (Å²) in [5.74, 6) is -0.811. The maximum absolute atomic E-state index is 13.9. The fraction of sp³-hybridized carbons (Fsp3) is 0.200. The molecule has 0 saturated heterocycles. The largest absolute Gasteiger partial charge is 0.313 e. The van der Waals surface area contributed by atoms with E-state index in [0.29, 0.717) is 11.1 Å². The van der Waals surface area contributed by atoms with Crippen molar-refractivity contribution in [2.75, 3.05) is 7.05 Å². The van der Waals surface area contributed by atoms with Crippen LogP contribution in [0.2, 0.25) is 5.02 Å². The fourth-order valence-electron chi connectivity index (χ4n) is 1.89. The van der Waals surface area contributed by atoms with Crippen molar-refractivity contribution >= 4 is 11.6 Å². The molecule has 0 radical (unpaired) electrons. The summed E-state index contributed by atoms with van der Waals surface area (Å²) in [6.45, 7) is 1.98. The topological polar surface area (TPSA) is 12.0 Å². The molecule has 0 aliphatic heterocycles. The summed E-state index contributed by atoms with van der Waals surface area (Å²) in [4.78, 5) is 0. The molecule has 0 amide bonds. The first kappa shape index (κ1) is 14.0. The molecule has 0 aliphatic carbocycles. The van der Waals surface area contributed by atoms with Crippen LogP contribution in [0.1, 0.15) is 18.5 Å². The highest BCUT2D eigenvalue weighted by molar-refractivity contribution is 6.33. The van der Waals surface area contributed by atoms with Crippen LogP contribution in [0.4, 0.5) is 8.78 Å². The lowest BCUT2D eigenvalue weighted by Crippen LogP contribution is -2.12. The SMILES string of the molecule is CNC(C)c1ccc(F)c(-c2ccc(F)cc2Cl)c1. The highest BCUT2D eigenvalue weighted by Gasteiger charge is 2.12. The Kier molecular flexibility index (Phi) is 4.17. The molecule has 0 aliphatic rings. The third-order valence-electron chi connectivity index (χ3n) is 3.14. The Hall–Kier alpha value is -1.45. The van der Waals surface area contributed by atoms with Crippen LogP contribution in [0.15, 0.2) is 36.4 Å². The summed E-state index contributed by atoms with van der Waals surface area (Å²) >= 11 is 5.98. The maximum atomic E-state index is 13.9. The van der Waals surface area contributed by atoms with Gasteiger partial charge < -0.3 is 5.32 Å². The van der Waals surface area contributed by atoms with Crippen LogP contribution in [-0.4, -0.2) is 7.05 Å². The summed E-state index contributed by atoms with van der Waals surface area (Å²) < 4.78 is 27.0. The molecule has 0 aromatic heterocycles. The minimum Gasteiger partial charge on any atom is -0.313 e. The highest BCUT2D eigenvalue weighted by Crippen LogP contribution is 2.32. The molecule has 100 valence electrons. The van der Waals surface area contributed by atoms with Gasteiger partial charge in [0.2, 0.25) is 0 Å². The van der Waals surface area contributed by atoms with Gasteiger partial charge in [-0.3, -0.25) is 0 Å². The molecule has 2 rings (SSSR count). The van der Waals surface area contributed by atoms with Gasteiger partial charge in [-0.25, -0.2) is 8.78 Å². The molecule has 1 atom stereocenters. The number of rotatable bonds is 3. The van der Waals surface area contributed by atoms with Gasteiger partial charge in [-0.1, -0.05) is 17.7 Å². The summed E-state index contributed by atoms with van der Waals surface area (Å²) in [5, 5.41) is 3.29. The third kappa shape index (κ3) is 2.94. The molecule has 2 aromatic carbocycles. The highest BCUT2D eigenvalue weighted by atomic mass is 35.5. The predicted molar refractivity (Wildman–Crippen MR) is 74.3 cm³/mol. The fourth-order valence-corrected chi connectivity index (χ4v) is 2.16. The average molecular weight is 282 g/mol. The van der Waals surface area contributed by atoms with Crippen LogP contribution < -0.4 is 5.32 Å². The molecule has 1 nitrogen and oxygen atoms in total. The predicted octanol–water partition coefficient (Wildman–Crippen LogP) is 4.57. The van der Waals surface area contributed by atoms with Crippen LogP contribution in [0.25, 0.3) is 11.1 Å². The van der Waals surface area contributed by atoms with Crippen LogP contribution in [-0.2, 0) is 0 Å². The first-order valence-electron chi connectivity index (χ1n) is 5.95. The second-order valence-electron chi connectivity index (χ2n) is 4.37. The van der Waals surface area contributed by atoms with Crippen molar-refractivity contribution in [3.63, 3.8) is 0 Å². The van der Waals surface area contributed by atoms with Gasteiger partial charge in [-0.05, 0) is 49.9 Å². The molecule has 0 saturated carbocycles. The van der Waals surface area contributed by atoms with Gasteiger partial charge in [-0.2, -0.15) is 0 Å². The van der Waals surface area contributed by atoms with E-state index in [2.05, 4.69) is 5.32 Å². The van der Waals surface area contributed by atoms with Gasteiger partial charge in [0.25, 0.3) is 0 Å². The van der Waals surface area contributed by atoms with E-state index in [1.165, 1.54) is 24.3 Å². The van der Waals surface area contributed by atoms with Gasteiger partial charge in [0, 0.05) is 17.2 Å². The molecule has 0 bridgehead atoms. The van der Waals surface area contributed by atoms with Crippen molar-refractivity contribution in [1.82, 2.24) is 5.32 Å². The zero-order valence-electron chi connectivity index (χ0n) is 10.7. The van der Waals surface area contributed by atoms with Crippen molar-refractivity contribution < 1.29 is 8.78 Å². The molecule has 0 spiro atoms. The second kappa shape index (κ2) is 5.68. The van der Waals surface area contributed by atoms with Crippen LogP contribution in [0.3, 0.4) is 0 Å². The molecule has 2 aromatic rings. The van der Waals surface area contributed by atoms with E-state index in [0.717, 1.165) is 5.56 Å². The van der Waals surface area contributed by atoms with E-state index in [1.807, 2.05) is 14.0 Å². The summed E-state index contributed by atoms with van der Waals surface area (Å²) in [7, 11) is 1.83. The van der Waals surface area contributed by atoms with Crippen molar-refractivity contribution in [3.8, 4) is 11.1 Å². The zero-order chi connectivity index (χ0) is 14.0. The number of hydrogen-bond donors (Lipinski definition) is 1. The molecule has 1 N–H and O–H groups in total. The van der Waals surface area contributed by atoms with Gasteiger partial charge in [0.05, 0.1) is 5.02 Å². The molecule has 19 heavy (non-hydrogen) atoms. The third-order valence-corrected chi connectivity index (χ3v) is 3.46. The summed E-state index contributed by atoms with van der Waals surface area (Å²) in [5.41, 5.74) is 1.81. The average Bonchev–Trinajstić information content (AvgIpc) is 2.39. The molecule has 1 unspecified atom stereocenters. The standard InChI is InChI=1S/C15H14ClF2N/c1-9(19-2)10-3-6-15(18)13(7-10)12-5-4-11(17)8-14(12)16/h3-9,19H,1-2H3. The maximum Gasteiger partial charge on any atom is 0.131 e. The Bertz CT molecular complexity index is 599. The second-order valence-corrected chi connectivity index (χ2v) is 4.78.